The number of aryl methyl sites for hydroxylation is 1. The minimum absolute atomic E-state index is 0.0119. The van der Waals surface area contributed by atoms with Gasteiger partial charge < -0.3 is 19.3 Å². The molecule has 2 aliphatic heterocycles. The van der Waals surface area contributed by atoms with Gasteiger partial charge in [-0.3, -0.25) is 13.8 Å². The van der Waals surface area contributed by atoms with Gasteiger partial charge >= 0.3 is 18.7 Å². The van der Waals surface area contributed by atoms with E-state index in [1.807, 2.05) is 45.9 Å². The van der Waals surface area contributed by atoms with Gasteiger partial charge in [-0.05, 0) is 70.9 Å². The van der Waals surface area contributed by atoms with Gasteiger partial charge in [-0.2, -0.15) is 0 Å². The van der Waals surface area contributed by atoms with Gasteiger partial charge in [-0.1, -0.05) is 12.1 Å². The zero-order valence-corrected chi connectivity index (χ0v) is 22.3. The zero-order chi connectivity index (χ0) is 26.8. The molecule has 3 aromatic rings. The van der Waals surface area contributed by atoms with Crippen LogP contribution in [-0.4, -0.2) is 51.7 Å². The molecule has 0 saturated carbocycles. The third-order valence-electron chi connectivity index (χ3n) is 8.23. The standard InChI is InChI=1S/C27H34BN3O6/c1-26(2)27(3,4)37-28(36-26)20-9-7-10-21-23(20)29(5)25(33)30(21)22-11-8-16-31(34,24(22)32)17-18-12-14-19(35-6)15-13-18/h7,9-10,12-15,22H,8,11,16-17H2,1-6H3. The summed E-state index contributed by atoms with van der Waals surface area (Å²) in [5.74, 6) is 0.182. The van der Waals surface area contributed by atoms with E-state index in [2.05, 4.69) is 0 Å². The summed E-state index contributed by atoms with van der Waals surface area (Å²) < 4.78 is 19.8. The number of hydrogen-bond donors (Lipinski definition) is 0. The smallest absolute Gasteiger partial charge is 0.497 e. The summed E-state index contributed by atoms with van der Waals surface area (Å²) in [4.78, 5) is 27.3. The number of amides is 1. The van der Waals surface area contributed by atoms with E-state index in [9.17, 15) is 14.8 Å². The number of benzene rings is 2. The van der Waals surface area contributed by atoms with Gasteiger partial charge in [0.25, 0.3) is 0 Å². The topological polar surface area (TPSA) is 94.8 Å². The third kappa shape index (κ3) is 4.12. The molecule has 1 amide bonds. The van der Waals surface area contributed by atoms with Crippen molar-refractivity contribution in [2.24, 2.45) is 7.05 Å². The molecule has 2 atom stereocenters. The van der Waals surface area contributed by atoms with E-state index < -0.39 is 34.9 Å². The van der Waals surface area contributed by atoms with Gasteiger partial charge in [0.15, 0.2) is 6.04 Å². The van der Waals surface area contributed by atoms with Crippen LogP contribution in [0, 0.1) is 5.21 Å². The molecule has 0 N–H and O–H groups in total. The number of nitrogens with zero attached hydrogens (tertiary/aromatic N) is 3. The number of ether oxygens (including phenoxy) is 1. The monoisotopic (exact) mass is 507 g/mol. The van der Waals surface area contributed by atoms with Crippen molar-refractivity contribution < 1.29 is 23.5 Å². The second-order valence-electron chi connectivity index (χ2n) is 11.1. The molecule has 10 heteroatoms. The fourth-order valence-corrected chi connectivity index (χ4v) is 5.40. The molecule has 2 saturated heterocycles. The first-order valence-corrected chi connectivity index (χ1v) is 12.7. The normalized spacial score (nSPS) is 25.1. The van der Waals surface area contributed by atoms with Crippen LogP contribution in [0.4, 0.5) is 0 Å². The lowest BCUT2D eigenvalue weighted by Crippen LogP contribution is -2.55. The molecule has 0 aliphatic carbocycles. The first-order chi connectivity index (χ1) is 17.4. The van der Waals surface area contributed by atoms with Crippen molar-refractivity contribution in [2.45, 2.75) is 64.3 Å². The van der Waals surface area contributed by atoms with Crippen molar-refractivity contribution >= 4 is 29.5 Å². The van der Waals surface area contributed by atoms with Crippen molar-refractivity contribution in [3.8, 4) is 5.75 Å². The Bertz CT molecular complexity index is 1390. The van der Waals surface area contributed by atoms with Crippen LogP contribution >= 0.6 is 0 Å². The second-order valence-corrected chi connectivity index (χ2v) is 11.1. The predicted molar refractivity (Wildman–Crippen MR) is 141 cm³/mol. The number of para-hydroxylation sites is 1. The summed E-state index contributed by atoms with van der Waals surface area (Å²) in [7, 11) is 2.59. The van der Waals surface area contributed by atoms with E-state index in [0.29, 0.717) is 29.6 Å². The molecule has 2 fully saturated rings. The van der Waals surface area contributed by atoms with Gasteiger partial charge in [-0.25, -0.2) is 9.59 Å². The Kier molecular flexibility index (Phi) is 6.14. The Labute approximate surface area is 216 Å². The molecule has 9 nitrogen and oxygen atoms in total. The number of likely N-dealkylation sites (tertiary alicyclic amines) is 1. The number of imidazole rings is 1. The molecule has 196 valence electrons. The van der Waals surface area contributed by atoms with Crippen LogP contribution in [0.3, 0.4) is 0 Å². The number of hydrogen-bond acceptors (Lipinski definition) is 6. The number of fused-ring (bicyclic) bond motifs is 1. The van der Waals surface area contributed by atoms with E-state index in [4.69, 9.17) is 14.0 Å². The molecule has 3 heterocycles. The van der Waals surface area contributed by atoms with Gasteiger partial charge in [0.05, 0.1) is 35.9 Å². The van der Waals surface area contributed by atoms with Crippen LogP contribution < -0.4 is 15.9 Å². The Morgan fingerprint density at radius 1 is 1.08 bits per heavy atom. The summed E-state index contributed by atoms with van der Waals surface area (Å²) in [6.07, 6.45) is 0.971. The van der Waals surface area contributed by atoms with E-state index in [-0.39, 0.29) is 18.8 Å². The van der Waals surface area contributed by atoms with Crippen LogP contribution in [0.5, 0.6) is 5.75 Å². The SMILES string of the molecule is COc1ccc(C[N+]2([O-])CCCC(n3c(=O)n(C)c4c(B5OC(C)(C)C(C)(C)O5)cccc43)C2=O)cc1. The van der Waals surface area contributed by atoms with Gasteiger partial charge in [0.2, 0.25) is 0 Å². The van der Waals surface area contributed by atoms with Crippen LogP contribution in [0.1, 0.15) is 52.1 Å². The molecule has 0 radical (unpaired) electrons. The number of carbonyl (C=O) groups excluding carboxylic acids is 1. The highest BCUT2D eigenvalue weighted by atomic mass is 16.7. The fourth-order valence-electron chi connectivity index (χ4n) is 5.40. The van der Waals surface area contributed by atoms with E-state index >= 15 is 0 Å². The summed E-state index contributed by atoms with van der Waals surface area (Å²) in [6, 6.07) is 11.8. The number of piperidine rings is 1. The lowest BCUT2D eigenvalue weighted by Gasteiger charge is -2.45. The number of methoxy groups -OCH3 is 1. The third-order valence-corrected chi connectivity index (χ3v) is 8.23. The van der Waals surface area contributed by atoms with Crippen molar-refractivity contribution in [1.82, 2.24) is 9.13 Å². The summed E-state index contributed by atoms with van der Waals surface area (Å²) >= 11 is 0. The summed E-state index contributed by atoms with van der Waals surface area (Å²) in [6.45, 7) is 8.11. The van der Waals surface area contributed by atoms with Crippen molar-refractivity contribution in [2.75, 3.05) is 13.7 Å². The lowest BCUT2D eigenvalue weighted by molar-refractivity contribution is -0.823. The molecule has 0 bridgehead atoms. The molecule has 5 rings (SSSR count). The number of rotatable bonds is 5. The maximum absolute atomic E-state index is 13.8. The Morgan fingerprint density at radius 3 is 2.35 bits per heavy atom. The predicted octanol–water partition coefficient (Wildman–Crippen LogP) is 3.02. The fraction of sp³-hybridized carbons (Fsp3) is 0.481. The van der Waals surface area contributed by atoms with E-state index in [1.54, 1.807) is 38.4 Å². The van der Waals surface area contributed by atoms with E-state index in [0.717, 1.165) is 11.0 Å². The molecule has 37 heavy (non-hydrogen) atoms. The Hall–Kier alpha value is -2.92. The van der Waals surface area contributed by atoms with Gasteiger partial charge in [-0.15, -0.1) is 0 Å². The van der Waals surface area contributed by atoms with Crippen molar-refractivity contribution in [1.29, 1.82) is 0 Å². The number of aromatic nitrogens is 2. The van der Waals surface area contributed by atoms with E-state index in [1.165, 1.54) is 9.13 Å². The highest BCUT2D eigenvalue weighted by Gasteiger charge is 2.52. The van der Waals surface area contributed by atoms with Gasteiger partial charge in [0.1, 0.15) is 12.3 Å². The molecule has 2 aliphatic rings. The highest BCUT2D eigenvalue weighted by Crippen LogP contribution is 2.37. The summed E-state index contributed by atoms with van der Waals surface area (Å²) in [5, 5.41) is 13.8. The van der Waals surface area contributed by atoms with Gasteiger partial charge in [0, 0.05) is 18.1 Å². The number of quaternary nitrogens is 1. The number of hydroxylamine groups is 3. The highest BCUT2D eigenvalue weighted by molar-refractivity contribution is 6.65. The second kappa shape index (κ2) is 8.84. The van der Waals surface area contributed by atoms with Crippen molar-refractivity contribution in [3.63, 3.8) is 0 Å². The molecule has 0 spiro atoms. The summed E-state index contributed by atoms with van der Waals surface area (Å²) in [5.41, 5.74) is 1.29. The molecule has 1 aromatic heterocycles. The molecule has 2 unspecified atom stereocenters. The average Bonchev–Trinajstić information content (AvgIpc) is 3.23. The molecular formula is C27H34BN3O6. The Morgan fingerprint density at radius 2 is 1.73 bits per heavy atom. The van der Waals surface area contributed by atoms with Crippen LogP contribution in [0.15, 0.2) is 47.3 Å². The molecular weight excluding hydrogens is 473 g/mol. The van der Waals surface area contributed by atoms with Crippen LogP contribution in [0.25, 0.3) is 11.0 Å². The minimum Gasteiger partial charge on any atom is -0.625 e. The molecule has 2 aromatic carbocycles. The maximum atomic E-state index is 13.8. The largest absolute Gasteiger partial charge is 0.625 e. The average molecular weight is 507 g/mol. The zero-order valence-electron chi connectivity index (χ0n) is 22.3. The van der Waals surface area contributed by atoms with Crippen LogP contribution in [0.2, 0.25) is 0 Å². The lowest BCUT2D eigenvalue weighted by atomic mass is 9.78. The van der Waals surface area contributed by atoms with Crippen molar-refractivity contribution in [3.05, 3.63) is 63.7 Å². The Balaban J connectivity index is 1.53. The number of carbonyl (C=O) groups is 1. The van der Waals surface area contributed by atoms with Crippen LogP contribution in [-0.2, 0) is 27.7 Å². The quantitative estimate of drug-likeness (QED) is 0.300. The first kappa shape index (κ1) is 25.7. The maximum Gasteiger partial charge on any atom is 0.497 e. The first-order valence-electron chi connectivity index (χ1n) is 12.7. The minimum atomic E-state index is -1.00.